The van der Waals surface area contributed by atoms with Crippen LogP contribution in [0.5, 0.6) is 0 Å². The number of nitrogens with one attached hydrogen (secondary N) is 2. The molecule has 1 saturated heterocycles. The highest BCUT2D eigenvalue weighted by Gasteiger charge is 2.53. The summed E-state index contributed by atoms with van der Waals surface area (Å²) in [6.07, 6.45) is 3.00. The summed E-state index contributed by atoms with van der Waals surface area (Å²) in [5.41, 5.74) is 6.04. The van der Waals surface area contributed by atoms with Crippen LogP contribution in [0.3, 0.4) is 0 Å². The van der Waals surface area contributed by atoms with E-state index in [2.05, 4.69) is 31.4 Å². The Balaban J connectivity index is 1.65. The van der Waals surface area contributed by atoms with Crippen molar-refractivity contribution in [1.82, 2.24) is 10.2 Å². The summed E-state index contributed by atoms with van der Waals surface area (Å²) >= 11 is 0. The van der Waals surface area contributed by atoms with E-state index < -0.39 is 17.5 Å². The zero-order valence-corrected chi connectivity index (χ0v) is 16.2. The second-order valence-corrected chi connectivity index (χ2v) is 8.68. The van der Waals surface area contributed by atoms with Crippen molar-refractivity contribution in [1.29, 1.82) is 0 Å². The average molecular weight is 372 g/mol. The van der Waals surface area contributed by atoms with Gasteiger partial charge in [0.25, 0.3) is 5.91 Å². The van der Waals surface area contributed by atoms with Crippen LogP contribution in [-0.4, -0.2) is 34.8 Å². The number of nitrogens with zero attached hydrogens (tertiary/aromatic N) is 1. The zero-order chi connectivity index (χ0) is 19.8. The topological polar surface area (TPSA) is 105 Å². The first-order valence-corrected chi connectivity index (χ1v) is 9.41. The van der Waals surface area contributed by atoms with Crippen molar-refractivity contribution in [2.45, 2.75) is 52.0 Å². The first-order chi connectivity index (χ1) is 12.6. The molecule has 3 rings (SSSR count). The van der Waals surface area contributed by atoms with Crippen molar-refractivity contribution >= 4 is 29.2 Å². The minimum Gasteiger partial charge on any atom is -0.397 e. The Labute approximate surface area is 159 Å². The van der Waals surface area contributed by atoms with Gasteiger partial charge in [-0.2, -0.15) is 0 Å². The van der Waals surface area contributed by atoms with Crippen LogP contribution in [0.25, 0.3) is 0 Å². The highest BCUT2D eigenvalue weighted by molar-refractivity contribution is 6.10. The molecule has 7 nitrogen and oxygen atoms in total. The Hall–Kier alpha value is -2.57. The number of rotatable bonds is 3. The molecule has 2 aliphatic rings. The molecular weight excluding hydrogens is 344 g/mol. The summed E-state index contributed by atoms with van der Waals surface area (Å²) in [5, 5.41) is 5.51. The van der Waals surface area contributed by atoms with E-state index in [9.17, 15) is 14.4 Å². The zero-order valence-electron chi connectivity index (χ0n) is 16.2. The molecule has 27 heavy (non-hydrogen) atoms. The second kappa shape index (κ2) is 6.87. The molecule has 1 aliphatic heterocycles. The third-order valence-electron chi connectivity index (χ3n) is 5.85. The third-order valence-corrected chi connectivity index (χ3v) is 5.85. The van der Waals surface area contributed by atoms with Gasteiger partial charge in [-0.15, -0.1) is 0 Å². The fourth-order valence-electron chi connectivity index (χ4n) is 4.08. The number of anilines is 2. The van der Waals surface area contributed by atoms with E-state index in [4.69, 9.17) is 5.73 Å². The number of carbonyl (C=O) groups is 3. The molecule has 4 N–H and O–H groups in total. The predicted molar refractivity (Wildman–Crippen MR) is 104 cm³/mol. The largest absolute Gasteiger partial charge is 0.397 e. The molecule has 146 valence electrons. The fraction of sp³-hybridized carbons (Fsp3) is 0.550. The van der Waals surface area contributed by atoms with Gasteiger partial charge in [0.15, 0.2) is 0 Å². The monoisotopic (exact) mass is 372 g/mol. The maximum Gasteiger partial charge on any atom is 0.325 e. The summed E-state index contributed by atoms with van der Waals surface area (Å²) in [5.74, 6) is -0.223. The molecule has 1 aromatic carbocycles. The number of para-hydroxylation sites is 2. The highest BCUT2D eigenvalue weighted by atomic mass is 16.2. The van der Waals surface area contributed by atoms with E-state index in [0.29, 0.717) is 30.1 Å². The lowest BCUT2D eigenvalue weighted by atomic mass is 9.67. The molecule has 1 heterocycles. The van der Waals surface area contributed by atoms with Crippen LogP contribution >= 0.6 is 0 Å². The summed E-state index contributed by atoms with van der Waals surface area (Å²) in [7, 11) is 0. The second-order valence-electron chi connectivity index (χ2n) is 8.68. The number of nitrogen functional groups attached to an aromatic ring is 1. The molecule has 0 aromatic heterocycles. The molecule has 0 atom stereocenters. The van der Waals surface area contributed by atoms with Crippen LogP contribution in [0.4, 0.5) is 16.2 Å². The number of nitrogens with two attached hydrogens (primary N) is 1. The van der Waals surface area contributed by atoms with Crippen LogP contribution in [0.15, 0.2) is 24.3 Å². The summed E-state index contributed by atoms with van der Waals surface area (Å²) in [6, 6.07) is 6.37. The van der Waals surface area contributed by atoms with Crippen molar-refractivity contribution in [3.8, 4) is 0 Å². The van der Waals surface area contributed by atoms with Gasteiger partial charge < -0.3 is 16.4 Å². The minimum atomic E-state index is -0.856. The Morgan fingerprint density at radius 1 is 1.26 bits per heavy atom. The number of hydrogen-bond acceptors (Lipinski definition) is 4. The molecule has 1 aromatic rings. The molecule has 1 spiro atoms. The average Bonchev–Trinajstić information content (AvgIpc) is 2.81. The van der Waals surface area contributed by atoms with E-state index >= 15 is 0 Å². The van der Waals surface area contributed by atoms with Crippen LogP contribution < -0.4 is 16.4 Å². The third kappa shape index (κ3) is 3.77. The number of benzene rings is 1. The van der Waals surface area contributed by atoms with Crippen molar-refractivity contribution in [3.05, 3.63) is 24.3 Å². The van der Waals surface area contributed by atoms with E-state index in [1.165, 1.54) is 0 Å². The quantitative estimate of drug-likeness (QED) is 0.560. The van der Waals surface area contributed by atoms with E-state index in [1.54, 1.807) is 24.3 Å². The van der Waals surface area contributed by atoms with Crippen LogP contribution in [-0.2, 0) is 9.59 Å². The molecule has 7 heteroatoms. The standard InChI is InChI=1S/C20H28N4O3/c1-19(2,3)13-8-10-20(11-9-13)17(26)24(18(27)23-20)12-16(25)22-15-7-5-4-6-14(15)21/h4-7,13H,8-12,21H2,1-3H3,(H,22,25)(H,23,27). The molecule has 1 aliphatic carbocycles. The summed E-state index contributed by atoms with van der Waals surface area (Å²) in [6.45, 7) is 6.30. The minimum absolute atomic E-state index is 0.183. The summed E-state index contributed by atoms with van der Waals surface area (Å²) in [4.78, 5) is 38.7. The number of urea groups is 1. The first kappa shape index (κ1) is 19.2. The van der Waals surface area contributed by atoms with Crippen molar-refractivity contribution in [3.63, 3.8) is 0 Å². The Morgan fingerprint density at radius 3 is 2.48 bits per heavy atom. The van der Waals surface area contributed by atoms with Gasteiger partial charge in [-0.25, -0.2) is 4.79 Å². The Bertz CT molecular complexity index is 761. The smallest absolute Gasteiger partial charge is 0.325 e. The van der Waals surface area contributed by atoms with E-state index in [0.717, 1.165) is 17.7 Å². The number of imide groups is 1. The maximum atomic E-state index is 12.9. The van der Waals surface area contributed by atoms with Crippen molar-refractivity contribution in [2.75, 3.05) is 17.6 Å². The molecule has 0 radical (unpaired) electrons. The molecule has 2 fully saturated rings. The Morgan fingerprint density at radius 2 is 1.89 bits per heavy atom. The van der Waals surface area contributed by atoms with Gasteiger partial charge in [0.2, 0.25) is 5.91 Å². The lowest BCUT2D eigenvalue weighted by Crippen LogP contribution is -2.51. The normalized spacial score (nSPS) is 25.6. The molecular formula is C20H28N4O3. The lowest BCUT2D eigenvalue weighted by molar-refractivity contribution is -0.135. The van der Waals surface area contributed by atoms with Crippen LogP contribution in [0.1, 0.15) is 46.5 Å². The predicted octanol–water partition coefficient (Wildman–Crippen LogP) is 2.73. The molecule has 0 bridgehead atoms. The molecule has 4 amide bonds. The fourth-order valence-corrected chi connectivity index (χ4v) is 4.08. The van der Waals surface area contributed by atoms with E-state index in [-0.39, 0.29) is 17.9 Å². The number of carbonyl (C=O) groups excluding carboxylic acids is 3. The van der Waals surface area contributed by atoms with Crippen molar-refractivity contribution < 1.29 is 14.4 Å². The van der Waals surface area contributed by atoms with Gasteiger partial charge in [0.1, 0.15) is 12.1 Å². The Kier molecular flexibility index (Phi) is 4.88. The van der Waals surface area contributed by atoms with Gasteiger partial charge in [0.05, 0.1) is 11.4 Å². The maximum absolute atomic E-state index is 12.9. The van der Waals surface area contributed by atoms with Crippen LogP contribution in [0, 0.1) is 11.3 Å². The number of hydrogen-bond donors (Lipinski definition) is 3. The van der Waals surface area contributed by atoms with Gasteiger partial charge in [-0.3, -0.25) is 14.5 Å². The van der Waals surface area contributed by atoms with Crippen molar-refractivity contribution in [2.24, 2.45) is 11.3 Å². The highest BCUT2D eigenvalue weighted by Crippen LogP contribution is 2.43. The van der Waals surface area contributed by atoms with Gasteiger partial charge >= 0.3 is 6.03 Å². The van der Waals surface area contributed by atoms with Gasteiger partial charge in [-0.1, -0.05) is 32.9 Å². The lowest BCUT2D eigenvalue weighted by Gasteiger charge is -2.40. The van der Waals surface area contributed by atoms with Gasteiger partial charge in [-0.05, 0) is 49.1 Å². The first-order valence-electron chi connectivity index (χ1n) is 9.41. The van der Waals surface area contributed by atoms with Gasteiger partial charge in [0, 0.05) is 0 Å². The number of amides is 4. The van der Waals surface area contributed by atoms with E-state index in [1.807, 2.05) is 0 Å². The SMILES string of the molecule is CC(C)(C)C1CCC2(CC1)NC(=O)N(CC(=O)Nc1ccccc1N)C2=O. The molecule has 0 unspecified atom stereocenters. The van der Waals surface area contributed by atoms with Crippen LogP contribution in [0.2, 0.25) is 0 Å². The summed E-state index contributed by atoms with van der Waals surface area (Å²) < 4.78 is 0. The molecule has 1 saturated carbocycles.